The van der Waals surface area contributed by atoms with Crippen molar-refractivity contribution in [3.8, 4) is 11.5 Å². The number of hydrogen-bond donors (Lipinski definition) is 0. The Kier molecular flexibility index (Phi) is 14.5. The Morgan fingerprint density at radius 2 is 0.527 bits per heavy atom. The van der Waals surface area contributed by atoms with E-state index in [1.807, 2.05) is 48.5 Å². The van der Waals surface area contributed by atoms with E-state index in [1.54, 1.807) is 0 Å². The molecule has 2 aromatic rings. The summed E-state index contributed by atoms with van der Waals surface area (Å²) in [6, 6.07) is 15.7. The van der Waals surface area contributed by atoms with E-state index in [4.69, 9.17) is 6.15 Å². The normalized spacial score (nSPS) is 24.4. The van der Waals surface area contributed by atoms with Gasteiger partial charge in [-0.3, -0.25) is 0 Å². The maximum absolute atomic E-state index is 14.3. The summed E-state index contributed by atoms with van der Waals surface area (Å²) in [4.78, 5) is 0.782. The van der Waals surface area contributed by atoms with Crippen LogP contribution in [0.3, 0.4) is 0 Å². The van der Waals surface area contributed by atoms with Gasteiger partial charge < -0.3 is 0 Å². The summed E-state index contributed by atoms with van der Waals surface area (Å²) in [7, 11) is -3.66. The summed E-state index contributed by atoms with van der Waals surface area (Å²) in [5, 5.41) is 0. The molecule has 4 nitrogen and oxygen atoms in total. The minimum atomic E-state index is -3.66. The maximum atomic E-state index is 14.3. The Morgan fingerprint density at radius 1 is 0.327 bits per heavy atom. The fourth-order valence-corrected chi connectivity index (χ4v) is 54.8. The second-order valence-corrected chi connectivity index (χ2v) is 46.2. The van der Waals surface area contributed by atoms with Crippen molar-refractivity contribution >= 4 is 47.4 Å². The molecule has 304 valence electrons. The van der Waals surface area contributed by atoms with Crippen LogP contribution >= 0.6 is 0 Å². The predicted octanol–water partition coefficient (Wildman–Crippen LogP) is 15.2. The number of hydrogen-bond acceptors (Lipinski definition) is 4. The van der Waals surface area contributed by atoms with Gasteiger partial charge in [-0.15, -0.1) is 0 Å². The molecule has 55 heavy (non-hydrogen) atoms. The van der Waals surface area contributed by atoms with Crippen molar-refractivity contribution in [1.29, 1.82) is 0 Å². The van der Waals surface area contributed by atoms with E-state index in [0.717, 1.165) is 35.1 Å². The van der Waals surface area contributed by atoms with Crippen molar-refractivity contribution < 1.29 is 14.6 Å². The molecule has 0 unspecified atom stereocenters. The Balaban J connectivity index is 1.04. The molecule has 0 amide bonds. The third-order valence-corrected chi connectivity index (χ3v) is 53.2. The Labute approximate surface area is 345 Å². The van der Waals surface area contributed by atoms with Crippen LogP contribution in [0, 0.1) is 0 Å². The van der Waals surface area contributed by atoms with E-state index >= 15 is 0 Å². The summed E-state index contributed by atoms with van der Waals surface area (Å²) in [6.07, 6.45) is 41.3. The van der Waals surface area contributed by atoms with Crippen LogP contribution in [0.25, 0.3) is 0 Å². The minimum absolute atomic E-state index is 0.391. The molecule has 6 saturated carbocycles. The zero-order chi connectivity index (χ0) is 37.6. The fourth-order valence-electron chi connectivity index (χ4n) is 13.7. The van der Waals surface area contributed by atoms with E-state index in [9.17, 15) is 8.42 Å². The van der Waals surface area contributed by atoms with E-state index in [0.29, 0.717) is 9.79 Å². The SMILES string of the molecule is O=S(=O)(c1ccc([O][Sn]([CH]2CCCCC2)([CH]2CCCCC2)[CH]2CCCCC2)cc1)c1ccc([O][Sn]([CH]2CCCCC2)([CH]2CCCCC2)[CH]2CCCCC2)cc1. The fraction of sp³-hybridized carbons (Fsp3) is 0.750. The van der Waals surface area contributed by atoms with E-state index in [2.05, 4.69) is 0 Å². The van der Waals surface area contributed by atoms with Gasteiger partial charge in [0, 0.05) is 0 Å². The predicted molar refractivity (Wildman–Crippen MR) is 232 cm³/mol. The van der Waals surface area contributed by atoms with Gasteiger partial charge in [0.25, 0.3) is 0 Å². The van der Waals surface area contributed by atoms with Gasteiger partial charge in [-0.25, -0.2) is 0 Å². The molecule has 0 atom stereocenters. The molecule has 0 aliphatic heterocycles. The van der Waals surface area contributed by atoms with Crippen molar-refractivity contribution in [3.05, 3.63) is 48.5 Å². The molecule has 0 N–H and O–H groups in total. The van der Waals surface area contributed by atoms with E-state index in [1.165, 1.54) is 193 Å². The second kappa shape index (κ2) is 19.3. The Morgan fingerprint density at radius 3 is 0.727 bits per heavy atom. The van der Waals surface area contributed by atoms with Crippen molar-refractivity contribution in [2.45, 2.75) is 226 Å². The van der Waals surface area contributed by atoms with Crippen LogP contribution in [0.15, 0.2) is 58.3 Å². The topological polar surface area (TPSA) is 52.6 Å². The van der Waals surface area contributed by atoms with Gasteiger partial charge in [0.1, 0.15) is 0 Å². The van der Waals surface area contributed by atoms with Gasteiger partial charge in [-0.2, -0.15) is 0 Å². The van der Waals surface area contributed by atoms with Crippen molar-refractivity contribution in [2.75, 3.05) is 0 Å². The standard InChI is InChI=1S/C12H10O4S.6C6H11.2Sn/c13-9-1-5-11(6-2-9)17(15,16)12-7-3-10(14)4-8-12;6*1-2-4-6-5-3-1;;/h1-8,13-14H;6*1H,2-6H2;;/q;;;;;;;2*+1/p-2. The third kappa shape index (κ3) is 9.04. The van der Waals surface area contributed by atoms with Crippen LogP contribution < -0.4 is 6.15 Å². The van der Waals surface area contributed by atoms with Crippen LogP contribution in [-0.4, -0.2) is 46.0 Å². The van der Waals surface area contributed by atoms with Gasteiger partial charge in [-0.05, 0) is 0 Å². The quantitative estimate of drug-likeness (QED) is 0.199. The molecule has 8 rings (SSSR count). The molecule has 0 radical (unpaired) electrons. The number of rotatable bonds is 12. The van der Waals surface area contributed by atoms with E-state index in [-0.39, 0.29) is 0 Å². The average molecular weight is 985 g/mol. The third-order valence-electron chi connectivity index (χ3n) is 16.3. The van der Waals surface area contributed by atoms with Crippen molar-refractivity contribution in [2.24, 2.45) is 0 Å². The number of benzene rings is 2. The molecule has 0 heterocycles. The van der Waals surface area contributed by atoms with E-state index < -0.39 is 47.4 Å². The van der Waals surface area contributed by atoms with Gasteiger partial charge in [0.05, 0.1) is 0 Å². The van der Waals surface area contributed by atoms with Gasteiger partial charge >= 0.3 is 348 Å². The van der Waals surface area contributed by atoms with Crippen LogP contribution in [0.2, 0.25) is 23.6 Å². The van der Waals surface area contributed by atoms with Gasteiger partial charge in [0.15, 0.2) is 0 Å². The molecule has 7 heteroatoms. The molecule has 0 saturated heterocycles. The molecule has 0 spiro atoms. The van der Waals surface area contributed by atoms with Crippen LogP contribution in [0.1, 0.15) is 193 Å². The molecule has 6 fully saturated rings. The Bertz CT molecular complexity index is 1370. The Hall–Kier alpha value is -0.413. The summed E-state index contributed by atoms with van der Waals surface area (Å²) in [5.41, 5.74) is 0. The van der Waals surface area contributed by atoms with Gasteiger partial charge in [-0.1, -0.05) is 0 Å². The first kappa shape index (κ1) is 41.3. The number of sulfone groups is 1. The van der Waals surface area contributed by atoms with Crippen molar-refractivity contribution in [3.63, 3.8) is 0 Å². The summed E-state index contributed by atoms with van der Waals surface area (Å²) in [5.74, 6) is 1.94. The molecule has 6 aliphatic carbocycles. The summed E-state index contributed by atoms with van der Waals surface area (Å²) < 4.78 is 48.8. The van der Waals surface area contributed by atoms with Crippen LogP contribution in [-0.2, 0) is 9.84 Å². The molecule has 2 aromatic carbocycles. The van der Waals surface area contributed by atoms with Crippen LogP contribution in [0.5, 0.6) is 11.5 Å². The first-order chi connectivity index (χ1) is 27.0. The molecular weight excluding hydrogens is 910 g/mol. The van der Waals surface area contributed by atoms with Gasteiger partial charge in [0.2, 0.25) is 0 Å². The van der Waals surface area contributed by atoms with Crippen molar-refractivity contribution in [1.82, 2.24) is 0 Å². The molecule has 6 aliphatic rings. The average Bonchev–Trinajstić information content (AvgIpc) is 3.27. The summed E-state index contributed by atoms with van der Waals surface area (Å²) in [6.45, 7) is 0. The second-order valence-electron chi connectivity index (χ2n) is 19.4. The first-order valence-corrected chi connectivity index (χ1v) is 37.5. The zero-order valence-corrected chi connectivity index (χ0v) is 40.9. The zero-order valence-electron chi connectivity index (χ0n) is 34.3. The van der Waals surface area contributed by atoms with Crippen LogP contribution in [0.4, 0.5) is 0 Å². The molecular formula is C48H74O4SSn2. The summed E-state index contributed by atoms with van der Waals surface area (Å²) >= 11 is -6.48. The molecule has 0 aromatic heterocycles. The monoisotopic (exact) mass is 986 g/mol. The first-order valence-electron chi connectivity index (χ1n) is 23.8. The molecule has 0 bridgehead atoms.